The van der Waals surface area contributed by atoms with E-state index in [4.69, 9.17) is 18.3 Å². The minimum Gasteiger partial charge on any atom is -0.455 e. The first kappa shape index (κ1) is 82.2. The SMILES string of the molecule is c1ccc(-c2cccc(N(c3ccc(-c4cccc5c4oc4ccccc45)cc3)c3cccc(-c4ccc5c(c4)C4(c6ccccc6-5)c5ccc6ccccc6c5Oc5c4ccc4ccccc54)c3)c2)cc1.c1ccc(-c2ccccc2N(c2ccc(-c3cccc4c3oc3ccccc34)cc2)c2cccc(-c3ccc4c(c3)C3(c5ccccc5-4)c4ccc5ccccc5c4Oc4c3ccc3ccccc43)c2)cc1. The molecule has 0 radical (unpaired) electrons. The van der Waals surface area contributed by atoms with Crippen molar-refractivity contribution >= 4 is 121 Å². The molecule has 2 aliphatic carbocycles. The summed E-state index contributed by atoms with van der Waals surface area (Å²) in [5.41, 5.74) is 36.8. The fourth-order valence-corrected chi connectivity index (χ4v) is 24.2. The molecule has 4 aliphatic rings. The molecule has 0 saturated heterocycles. The fraction of sp³-hybridized carbons (Fsp3) is 0.0145. The smallest absolute Gasteiger partial charge is 0.143 e. The lowest BCUT2D eigenvalue weighted by molar-refractivity contribution is 0.447. The Hall–Kier alpha value is -18.9. The normalized spacial score (nSPS) is 12.9. The van der Waals surface area contributed by atoms with Crippen molar-refractivity contribution in [3.8, 4) is 112 Å². The van der Waals surface area contributed by atoms with Gasteiger partial charge in [-0.3, -0.25) is 0 Å². The van der Waals surface area contributed by atoms with Crippen LogP contribution in [0.5, 0.6) is 23.0 Å². The Bertz CT molecular complexity index is 9580. The van der Waals surface area contributed by atoms with E-state index in [-0.39, 0.29) is 0 Å². The minimum atomic E-state index is -0.647. The fourth-order valence-electron chi connectivity index (χ4n) is 24.2. The van der Waals surface area contributed by atoms with E-state index in [2.05, 4.69) is 507 Å². The van der Waals surface area contributed by atoms with E-state index in [0.29, 0.717) is 0 Å². The molecule has 4 heterocycles. The van der Waals surface area contributed by atoms with E-state index in [1.807, 2.05) is 24.3 Å². The van der Waals surface area contributed by atoms with E-state index in [9.17, 15) is 0 Å². The van der Waals surface area contributed by atoms with Gasteiger partial charge in [-0.05, 0) is 207 Å². The monoisotopic (exact) mass is 1830 g/mol. The van der Waals surface area contributed by atoms with Crippen LogP contribution in [0.4, 0.5) is 34.1 Å². The maximum Gasteiger partial charge on any atom is 0.143 e. The summed E-state index contributed by atoms with van der Waals surface area (Å²) >= 11 is 0. The number of nitrogens with zero attached hydrogens (tertiary/aromatic N) is 2. The van der Waals surface area contributed by atoms with Crippen molar-refractivity contribution in [2.24, 2.45) is 0 Å². The molecular formula is C138H86N2O4. The highest BCUT2D eigenvalue weighted by molar-refractivity contribution is 6.12. The van der Waals surface area contributed by atoms with E-state index in [0.717, 1.165) is 228 Å². The van der Waals surface area contributed by atoms with Gasteiger partial charge >= 0.3 is 0 Å². The largest absolute Gasteiger partial charge is 0.455 e. The highest BCUT2D eigenvalue weighted by Crippen LogP contribution is 2.67. The van der Waals surface area contributed by atoms with Crippen LogP contribution in [-0.4, -0.2) is 0 Å². The maximum atomic E-state index is 7.26. The zero-order valence-electron chi connectivity index (χ0n) is 78.2. The highest BCUT2D eigenvalue weighted by Gasteiger charge is 2.54. The molecule has 30 rings (SSSR count). The molecule has 2 aliphatic heterocycles. The molecule has 0 bridgehead atoms. The van der Waals surface area contributed by atoms with Gasteiger partial charge in [0, 0.05) is 110 Å². The second-order valence-electron chi connectivity index (χ2n) is 38.2. The number of ether oxygens (including phenoxy) is 2. The number of benzene rings is 24. The molecule has 0 saturated carbocycles. The molecule has 24 aromatic carbocycles. The number of hydrogen-bond acceptors (Lipinski definition) is 6. The predicted octanol–water partition coefficient (Wildman–Crippen LogP) is 37.7. The van der Waals surface area contributed by atoms with E-state index >= 15 is 0 Å². The van der Waals surface area contributed by atoms with Crippen LogP contribution in [0.1, 0.15) is 44.5 Å². The lowest BCUT2D eigenvalue weighted by Crippen LogP contribution is -2.32. The number of anilines is 6. The quantitative estimate of drug-likeness (QED) is 0.121. The van der Waals surface area contributed by atoms with Crippen LogP contribution in [0.15, 0.2) is 531 Å². The van der Waals surface area contributed by atoms with Crippen LogP contribution in [0.25, 0.3) is 176 Å². The van der Waals surface area contributed by atoms with Crippen molar-refractivity contribution < 1.29 is 18.3 Å². The van der Waals surface area contributed by atoms with Gasteiger partial charge in [0.15, 0.2) is 0 Å². The van der Waals surface area contributed by atoms with Gasteiger partial charge in [-0.25, -0.2) is 0 Å². The first-order valence-electron chi connectivity index (χ1n) is 49.5. The molecule has 26 aromatic rings. The van der Waals surface area contributed by atoms with Crippen molar-refractivity contribution in [1.82, 2.24) is 0 Å². The molecule has 0 fully saturated rings. The van der Waals surface area contributed by atoms with Crippen molar-refractivity contribution in [2.45, 2.75) is 10.8 Å². The standard InChI is InChI=1S/2C69H43NO2/c1-2-16-44(17-3-1)52-22-9-12-30-64(52)70(50-37-32-47(33-38-50)53-27-15-28-59-58-26-10-13-31-65(58)71-66(53)59)51-21-14-20-48(42-51)49-34-39-57-56-25-8-11-29-60(56)69(63(57)43-49)61-40-35-45-18-4-6-23-54(45)67(61)72-68-55-24-7-5-19-46(55)36-41-62(68)69;1-2-15-44(16-3-1)48-19-12-21-52(41-48)70(51-36-31-47(32-37-51)54-27-14-28-60-59-26-9-11-30-65(59)71-66(54)60)53-22-13-20-49(42-53)50-33-38-58-57-25-8-10-29-61(57)69(64(58)43-50)62-39-34-45-17-4-6-23-55(45)67(62)72-68-56-24-7-5-18-46(56)35-40-63(68)69/h2*1-43H. The van der Waals surface area contributed by atoms with E-state index < -0.39 is 10.8 Å². The summed E-state index contributed by atoms with van der Waals surface area (Å²) in [5.74, 6) is 3.67. The summed E-state index contributed by atoms with van der Waals surface area (Å²) in [5, 5.41) is 13.6. The molecule has 0 unspecified atom stereocenters. The third-order valence-electron chi connectivity index (χ3n) is 30.6. The molecule has 0 amide bonds. The lowest BCUT2D eigenvalue weighted by atomic mass is 9.65. The van der Waals surface area contributed by atoms with Gasteiger partial charge in [0.2, 0.25) is 0 Å². The summed E-state index contributed by atoms with van der Waals surface area (Å²) in [7, 11) is 0. The topological polar surface area (TPSA) is 51.2 Å². The molecule has 2 aromatic heterocycles. The Labute approximate surface area is 832 Å². The van der Waals surface area contributed by atoms with Crippen LogP contribution in [0.3, 0.4) is 0 Å². The Balaban J connectivity index is 0.000000137. The second kappa shape index (κ2) is 32.9. The first-order valence-corrected chi connectivity index (χ1v) is 49.5. The van der Waals surface area contributed by atoms with Crippen LogP contribution in [0, 0.1) is 0 Å². The van der Waals surface area contributed by atoms with Crippen LogP contribution < -0.4 is 19.3 Å². The Morgan fingerprint density at radius 2 is 0.444 bits per heavy atom. The van der Waals surface area contributed by atoms with Crippen molar-refractivity contribution in [1.29, 1.82) is 0 Å². The van der Waals surface area contributed by atoms with Gasteiger partial charge in [-0.15, -0.1) is 0 Å². The van der Waals surface area contributed by atoms with E-state index in [1.54, 1.807) is 0 Å². The summed E-state index contributed by atoms with van der Waals surface area (Å²) in [4.78, 5) is 4.79. The Morgan fingerprint density at radius 3 is 0.875 bits per heavy atom. The average molecular weight is 1840 g/mol. The van der Waals surface area contributed by atoms with Crippen LogP contribution in [-0.2, 0) is 10.8 Å². The second-order valence-corrected chi connectivity index (χ2v) is 38.2. The maximum absolute atomic E-state index is 7.26. The summed E-state index contributed by atoms with van der Waals surface area (Å²) in [6, 6.07) is 189. The molecule has 2 spiro atoms. The number of hydrogen-bond donors (Lipinski definition) is 0. The third-order valence-corrected chi connectivity index (χ3v) is 30.6. The van der Waals surface area contributed by atoms with Gasteiger partial charge < -0.3 is 28.1 Å². The van der Waals surface area contributed by atoms with Crippen LogP contribution >= 0.6 is 0 Å². The molecule has 0 atom stereocenters. The highest BCUT2D eigenvalue weighted by atomic mass is 16.5. The van der Waals surface area contributed by atoms with Gasteiger partial charge in [-0.2, -0.15) is 0 Å². The van der Waals surface area contributed by atoms with Crippen molar-refractivity contribution in [2.75, 3.05) is 9.80 Å². The minimum absolute atomic E-state index is 0.644. The summed E-state index contributed by atoms with van der Waals surface area (Å²) in [6.07, 6.45) is 0. The zero-order valence-corrected chi connectivity index (χ0v) is 78.2. The predicted molar refractivity (Wildman–Crippen MR) is 594 cm³/mol. The van der Waals surface area contributed by atoms with Gasteiger partial charge in [0.1, 0.15) is 45.3 Å². The number of fused-ring (bicyclic) bond motifs is 32. The van der Waals surface area contributed by atoms with Crippen LogP contribution in [0.2, 0.25) is 0 Å². The van der Waals surface area contributed by atoms with E-state index in [1.165, 1.54) is 50.1 Å². The molecule has 672 valence electrons. The molecule has 0 N–H and O–H groups in total. The molecular weight excluding hydrogens is 1750 g/mol. The molecule has 6 heteroatoms. The first-order chi connectivity index (χ1) is 71.4. The Morgan fingerprint density at radius 1 is 0.153 bits per heavy atom. The summed E-state index contributed by atoms with van der Waals surface area (Å²) < 4.78 is 27.5. The molecule has 6 nitrogen and oxygen atoms in total. The lowest BCUT2D eigenvalue weighted by Gasteiger charge is -2.40. The van der Waals surface area contributed by atoms with Crippen molar-refractivity contribution in [3.63, 3.8) is 0 Å². The number of furan rings is 2. The van der Waals surface area contributed by atoms with Gasteiger partial charge in [-0.1, -0.05) is 431 Å². The third kappa shape index (κ3) is 12.7. The Kier molecular flexibility index (Phi) is 18.8. The number of rotatable bonds is 12. The molecule has 144 heavy (non-hydrogen) atoms. The zero-order chi connectivity index (χ0) is 94.7. The average Bonchev–Trinajstić information content (AvgIpc) is 1.55. The van der Waals surface area contributed by atoms with Crippen molar-refractivity contribution in [3.05, 3.63) is 566 Å². The van der Waals surface area contributed by atoms with Gasteiger partial charge in [0.05, 0.1) is 16.5 Å². The summed E-state index contributed by atoms with van der Waals surface area (Å²) in [6.45, 7) is 0. The number of para-hydroxylation sites is 5. The van der Waals surface area contributed by atoms with Gasteiger partial charge in [0.25, 0.3) is 0 Å².